The molecular weight excluding hydrogens is 230 g/mol. The van der Waals surface area contributed by atoms with Crippen molar-refractivity contribution >= 4 is 5.97 Å². The highest BCUT2D eigenvalue weighted by Gasteiger charge is 2.36. The van der Waals surface area contributed by atoms with E-state index in [1.54, 1.807) is 0 Å². The van der Waals surface area contributed by atoms with Gasteiger partial charge in [0.15, 0.2) is 5.60 Å². The molecule has 18 heavy (non-hydrogen) atoms. The number of likely N-dealkylation sites (N-methyl/N-ethyl adjacent to an activating group) is 1. The molecule has 0 heterocycles. The normalized spacial score (nSPS) is 23.7. The third-order valence-electron chi connectivity index (χ3n) is 4.11. The van der Waals surface area contributed by atoms with E-state index in [1.165, 1.54) is 26.9 Å². The van der Waals surface area contributed by atoms with Crippen LogP contribution < -0.4 is 0 Å². The van der Waals surface area contributed by atoms with Gasteiger partial charge in [-0.25, -0.2) is 4.79 Å². The highest BCUT2D eigenvalue weighted by molar-refractivity contribution is 5.78. The fourth-order valence-electron chi connectivity index (χ4n) is 2.72. The quantitative estimate of drug-likeness (QED) is 0.780. The largest absolute Gasteiger partial charge is 0.467 e. The van der Waals surface area contributed by atoms with E-state index >= 15 is 0 Å². The van der Waals surface area contributed by atoms with Crippen molar-refractivity contribution in [1.29, 1.82) is 0 Å². The van der Waals surface area contributed by atoms with Crippen molar-refractivity contribution in [3.63, 3.8) is 0 Å². The Balaban J connectivity index is 2.51. The van der Waals surface area contributed by atoms with Crippen LogP contribution in [0.2, 0.25) is 0 Å². The number of ether oxygens (including phenoxy) is 1. The molecule has 106 valence electrons. The first kappa shape index (κ1) is 15.4. The molecule has 4 nitrogen and oxygen atoms in total. The monoisotopic (exact) mass is 257 g/mol. The van der Waals surface area contributed by atoms with E-state index in [9.17, 15) is 9.90 Å². The number of carbonyl (C=O) groups is 1. The van der Waals surface area contributed by atoms with Crippen LogP contribution >= 0.6 is 0 Å². The molecule has 0 aliphatic heterocycles. The number of methoxy groups -OCH3 is 1. The number of hydrogen-bond donors (Lipinski definition) is 1. The highest BCUT2D eigenvalue weighted by Crippen LogP contribution is 2.36. The third-order valence-corrected chi connectivity index (χ3v) is 4.11. The Morgan fingerprint density at radius 3 is 2.39 bits per heavy atom. The molecule has 1 aliphatic rings. The molecule has 1 rings (SSSR count). The summed E-state index contributed by atoms with van der Waals surface area (Å²) in [6, 6.07) is 0.453. The topological polar surface area (TPSA) is 49.8 Å². The Hall–Kier alpha value is -0.610. The average molecular weight is 257 g/mol. The van der Waals surface area contributed by atoms with Crippen LogP contribution in [-0.4, -0.2) is 48.3 Å². The number of esters is 1. The van der Waals surface area contributed by atoms with Gasteiger partial charge in [-0.2, -0.15) is 0 Å². The highest BCUT2D eigenvalue weighted by atomic mass is 16.5. The number of aliphatic hydroxyl groups is 1. The Labute approximate surface area is 110 Å². The Morgan fingerprint density at radius 2 is 1.94 bits per heavy atom. The molecule has 1 fully saturated rings. The maximum absolute atomic E-state index is 11.5. The van der Waals surface area contributed by atoms with Crippen LogP contribution in [0, 0.1) is 5.41 Å². The maximum Gasteiger partial charge on any atom is 0.338 e. The summed E-state index contributed by atoms with van der Waals surface area (Å²) < 4.78 is 4.62. The van der Waals surface area contributed by atoms with Crippen LogP contribution in [0.4, 0.5) is 0 Å². The minimum atomic E-state index is -1.42. The summed E-state index contributed by atoms with van der Waals surface area (Å²) in [7, 11) is 3.28. The zero-order chi connectivity index (χ0) is 14.0. The first-order valence-corrected chi connectivity index (χ1v) is 6.69. The predicted octanol–water partition coefficient (Wildman–Crippen LogP) is 1.81. The smallest absolute Gasteiger partial charge is 0.338 e. The third kappa shape index (κ3) is 3.95. The molecular formula is C14H27NO3. The standard InChI is InChI=1S/C14H27NO3/c1-13(2)8-6-11(7-9-13)15(4)10-14(3,17)12(16)18-5/h11,17H,6-10H2,1-5H3. The summed E-state index contributed by atoms with van der Waals surface area (Å²) in [6.45, 7) is 6.44. The SMILES string of the molecule is COC(=O)C(C)(O)CN(C)C1CCC(C)(C)CC1. The molecule has 0 radical (unpaired) electrons. The molecule has 1 aliphatic carbocycles. The molecule has 1 N–H and O–H groups in total. The van der Waals surface area contributed by atoms with Gasteiger partial charge in [0.1, 0.15) is 0 Å². The minimum Gasteiger partial charge on any atom is -0.467 e. The Bertz CT molecular complexity index is 289. The van der Waals surface area contributed by atoms with Crippen molar-refractivity contribution in [2.75, 3.05) is 20.7 Å². The van der Waals surface area contributed by atoms with Gasteiger partial charge in [-0.15, -0.1) is 0 Å². The van der Waals surface area contributed by atoms with Gasteiger partial charge >= 0.3 is 5.97 Å². The summed E-state index contributed by atoms with van der Waals surface area (Å²) in [5, 5.41) is 10.1. The second-order valence-corrected chi connectivity index (χ2v) is 6.58. The molecule has 1 atom stereocenters. The molecule has 0 amide bonds. The lowest BCUT2D eigenvalue weighted by atomic mass is 9.75. The summed E-state index contributed by atoms with van der Waals surface area (Å²) in [5.41, 5.74) is -0.987. The summed E-state index contributed by atoms with van der Waals surface area (Å²) >= 11 is 0. The van der Waals surface area contributed by atoms with Crippen LogP contribution in [0.3, 0.4) is 0 Å². The van der Waals surface area contributed by atoms with E-state index in [0.29, 0.717) is 18.0 Å². The van der Waals surface area contributed by atoms with E-state index in [2.05, 4.69) is 23.5 Å². The molecule has 0 bridgehead atoms. The summed E-state index contributed by atoms with van der Waals surface area (Å²) in [5.74, 6) is -0.564. The summed E-state index contributed by atoms with van der Waals surface area (Å²) in [6.07, 6.45) is 4.65. The van der Waals surface area contributed by atoms with Gasteiger partial charge < -0.3 is 9.84 Å². The zero-order valence-corrected chi connectivity index (χ0v) is 12.3. The fraction of sp³-hybridized carbons (Fsp3) is 0.929. The Morgan fingerprint density at radius 1 is 1.44 bits per heavy atom. The van der Waals surface area contributed by atoms with Gasteiger partial charge in [0.05, 0.1) is 7.11 Å². The van der Waals surface area contributed by atoms with Crippen molar-refractivity contribution in [3.05, 3.63) is 0 Å². The second-order valence-electron chi connectivity index (χ2n) is 6.58. The first-order valence-electron chi connectivity index (χ1n) is 6.69. The molecule has 0 aromatic heterocycles. The van der Waals surface area contributed by atoms with Crippen LogP contribution in [0.25, 0.3) is 0 Å². The van der Waals surface area contributed by atoms with Gasteiger partial charge in [-0.3, -0.25) is 4.90 Å². The molecule has 1 saturated carbocycles. The maximum atomic E-state index is 11.5. The number of hydrogen-bond acceptors (Lipinski definition) is 4. The molecule has 0 spiro atoms. The molecule has 0 aromatic rings. The van der Waals surface area contributed by atoms with E-state index in [4.69, 9.17) is 0 Å². The van der Waals surface area contributed by atoms with E-state index < -0.39 is 11.6 Å². The lowest BCUT2D eigenvalue weighted by Crippen LogP contribution is -2.50. The lowest BCUT2D eigenvalue weighted by Gasteiger charge is -2.40. The average Bonchev–Trinajstić information content (AvgIpc) is 2.26. The zero-order valence-electron chi connectivity index (χ0n) is 12.3. The number of rotatable bonds is 4. The second kappa shape index (κ2) is 5.57. The molecule has 1 unspecified atom stereocenters. The van der Waals surface area contributed by atoms with Gasteiger partial charge in [0.25, 0.3) is 0 Å². The van der Waals surface area contributed by atoms with Crippen molar-refractivity contribution in [3.8, 4) is 0 Å². The lowest BCUT2D eigenvalue weighted by molar-refractivity contribution is -0.162. The van der Waals surface area contributed by atoms with Gasteiger partial charge in [0.2, 0.25) is 0 Å². The minimum absolute atomic E-state index is 0.324. The van der Waals surface area contributed by atoms with E-state index in [-0.39, 0.29) is 0 Å². The summed E-state index contributed by atoms with van der Waals surface area (Å²) in [4.78, 5) is 13.5. The van der Waals surface area contributed by atoms with Crippen molar-refractivity contribution in [2.24, 2.45) is 5.41 Å². The number of carbonyl (C=O) groups excluding carboxylic acids is 1. The molecule has 4 heteroatoms. The van der Waals surface area contributed by atoms with Crippen molar-refractivity contribution in [1.82, 2.24) is 4.90 Å². The van der Waals surface area contributed by atoms with E-state index in [1.807, 2.05) is 7.05 Å². The van der Waals surface area contributed by atoms with Crippen LogP contribution in [0.5, 0.6) is 0 Å². The predicted molar refractivity (Wildman–Crippen MR) is 71.3 cm³/mol. The van der Waals surface area contributed by atoms with Crippen molar-refractivity contribution in [2.45, 2.75) is 58.1 Å². The van der Waals surface area contributed by atoms with Crippen LogP contribution in [-0.2, 0) is 9.53 Å². The van der Waals surface area contributed by atoms with Gasteiger partial charge in [-0.05, 0) is 45.1 Å². The van der Waals surface area contributed by atoms with Gasteiger partial charge in [-0.1, -0.05) is 13.8 Å². The first-order chi connectivity index (χ1) is 8.18. The molecule has 0 saturated heterocycles. The Kier molecular flexibility index (Phi) is 4.78. The fourth-order valence-corrected chi connectivity index (χ4v) is 2.72. The number of nitrogens with zero attached hydrogens (tertiary/aromatic N) is 1. The van der Waals surface area contributed by atoms with Crippen LogP contribution in [0.15, 0.2) is 0 Å². The van der Waals surface area contributed by atoms with Crippen molar-refractivity contribution < 1.29 is 14.6 Å². The van der Waals surface area contributed by atoms with Gasteiger partial charge in [0, 0.05) is 12.6 Å². The van der Waals surface area contributed by atoms with E-state index in [0.717, 1.165) is 12.8 Å². The molecule has 0 aromatic carbocycles. The van der Waals surface area contributed by atoms with Crippen LogP contribution in [0.1, 0.15) is 46.5 Å².